The molecule has 1 aliphatic heterocycles. The second-order valence-electron chi connectivity index (χ2n) is 7.75. The maximum absolute atomic E-state index is 4.00. The van der Waals surface area contributed by atoms with E-state index in [0.717, 1.165) is 23.9 Å². The summed E-state index contributed by atoms with van der Waals surface area (Å²) in [6.45, 7) is 6.45. The molecule has 3 aliphatic rings. The van der Waals surface area contributed by atoms with Gasteiger partial charge in [-0.1, -0.05) is 32.6 Å². The van der Waals surface area contributed by atoms with Gasteiger partial charge in [0.15, 0.2) is 0 Å². The Labute approximate surface area is 125 Å². The van der Waals surface area contributed by atoms with Crippen molar-refractivity contribution in [3.8, 4) is 0 Å². The summed E-state index contributed by atoms with van der Waals surface area (Å²) < 4.78 is 0. The number of rotatable bonds is 6. The average Bonchev–Trinajstić information content (AvgIpc) is 2.87. The van der Waals surface area contributed by atoms with Gasteiger partial charge in [-0.25, -0.2) is 0 Å². The molecule has 0 amide bonds. The highest BCUT2D eigenvalue weighted by Gasteiger charge is 2.31. The Morgan fingerprint density at radius 3 is 2.35 bits per heavy atom. The molecule has 0 aromatic heterocycles. The summed E-state index contributed by atoms with van der Waals surface area (Å²) >= 11 is 0. The molecule has 0 radical (unpaired) electrons. The van der Waals surface area contributed by atoms with Crippen molar-refractivity contribution >= 4 is 0 Å². The molecule has 2 saturated carbocycles. The minimum atomic E-state index is 0.781. The first-order chi connectivity index (χ1) is 9.83. The number of likely N-dealkylation sites (tertiary alicyclic amines) is 1. The molecule has 116 valence electrons. The van der Waals surface area contributed by atoms with E-state index in [2.05, 4.69) is 17.1 Å². The van der Waals surface area contributed by atoms with Crippen LogP contribution in [0.3, 0.4) is 0 Å². The molecule has 0 aromatic carbocycles. The SMILES string of the molecule is CCCC1CC(NC2CCCC2)CN(CC2CCC2)C1. The number of piperidine rings is 1. The minimum absolute atomic E-state index is 0.781. The van der Waals surface area contributed by atoms with Crippen LogP contribution in [0.15, 0.2) is 0 Å². The predicted octanol–water partition coefficient (Wildman–Crippen LogP) is 3.81. The van der Waals surface area contributed by atoms with Crippen molar-refractivity contribution in [3.63, 3.8) is 0 Å². The highest BCUT2D eigenvalue weighted by atomic mass is 15.2. The second-order valence-corrected chi connectivity index (χ2v) is 7.75. The number of hydrogen-bond donors (Lipinski definition) is 1. The van der Waals surface area contributed by atoms with Crippen LogP contribution < -0.4 is 5.32 Å². The van der Waals surface area contributed by atoms with Crippen LogP contribution in [-0.4, -0.2) is 36.6 Å². The number of nitrogens with zero attached hydrogens (tertiary/aromatic N) is 1. The first-order valence-electron chi connectivity index (χ1n) is 9.32. The van der Waals surface area contributed by atoms with Crippen molar-refractivity contribution in [2.75, 3.05) is 19.6 Å². The Morgan fingerprint density at radius 1 is 0.900 bits per heavy atom. The Kier molecular flexibility index (Phi) is 5.39. The molecule has 2 atom stereocenters. The fourth-order valence-corrected chi connectivity index (χ4v) is 4.66. The molecule has 0 aromatic rings. The summed E-state index contributed by atoms with van der Waals surface area (Å²) in [5.74, 6) is 1.98. The smallest absolute Gasteiger partial charge is 0.0200 e. The summed E-state index contributed by atoms with van der Waals surface area (Å²) in [5.41, 5.74) is 0. The van der Waals surface area contributed by atoms with Crippen LogP contribution in [0.4, 0.5) is 0 Å². The van der Waals surface area contributed by atoms with Gasteiger partial charge in [0, 0.05) is 31.7 Å². The van der Waals surface area contributed by atoms with Gasteiger partial charge in [0.05, 0.1) is 0 Å². The highest BCUT2D eigenvalue weighted by Crippen LogP contribution is 2.30. The molecule has 0 bridgehead atoms. The molecule has 3 rings (SSSR count). The van der Waals surface area contributed by atoms with Gasteiger partial charge in [0.25, 0.3) is 0 Å². The first kappa shape index (κ1) is 14.8. The topological polar surface area (TPSA) is 15.3 Å². The number of hydrogen-bond acceptors (Lipinski definition) is 2. The summed E-state index contributed by atoms with van der Waals surface area (Å²) in [6.07, 6.45) is 14.5. The third-order valence-corrected chi connectivity index (χ3v) is 5.88. The van der Waals surface area contributed by atoms with Gasteiger partial charge >= 0.3 is 0 Å². The third-order valence-electron chi connectivity index (χ3n) is 5.88. The van der Waals surface area contributed by atoms with Gasteiger partial charge in [-0.15, -0.1) is 0 Å². The molecule has 1 heterocycles. The van der Waals surface area contributed by atoms with Gasteiger partial charge in [0.2, 0.25) is 0 Å². The van der Waals surface area contributed by atoms with Gasteiger partial charge in [0.1, 0.15) is 0 Å². The zero-order chi connectivity index (χ0) is 13.8. The van der Waals surface area contributed by atoms with E-state index in [1.807, 2.05) is 0 Å². The van der Waals surface area contributed by atoms with Crippen molar-refractivity contribution in [1.82, 2.24) is 10.2 Å². The standard InChI is InChI=1S/C18H34N2/c1-2-6-16-11-18(19-17-9-3-4-10-17)14-20(13-16)12-15-7-5-8-15/h15-19H,2-14H2,1H3. The van der Waals surface area contributed by atoms with Crippen molar-refractivity contribution in [3.05, 3.63) is 0 Å². The van der Waals surface area contributed by atoms with Crippen LogP contribution in [0.2, 0.25) is 0 Å². The Hall–Kier alpha value is -0.0800. The van der Waals surface area contributed by atoms with E-state index in [-0.39, 0.29) is 0 Å². The number of nitrogens with one attached hydrogen (secondary N) is 1. The van der Waals surface area contributed by atoms with Crippen molar-refractivity contribution in [2.24, 2.45) is 11.8 Å². The summed E-state index contributed by atoms with van der Waals surface area (Å²) in [5, 5.41) is 4.00. The lowest BCUT2D eigenvalue weighted by Crippen LogP contribution is -2.52. The summed E-state index contributed by atoms with van der Waals surface area (Å²) in [7, 11) is 0. The highest BCUT2D eigenvalue weighted by molar-refractivity contribution is 4.88. The van der Waals surface area contributed by atoms with Crippen molar-refractivity contribution < 1.29 is 0 Å². The van der Waals surface area contributed by atoms with Crippen LogP contribution in [0, 0.1) is 11.8 Å². The van der Waals surface area contributed by atoms with E-state index >= 15 is 0 Å². The van der Waals surface area contributed by atoms with E-state index in [0.29, 0.717) is 0 Å². The maximum atomic E-state index is 4.00. The van der Waals surface area contributed by atoms with E-state index in [9.17, 15) is 0 Å². The lowest BCUT2D eigenvalue weighted by atomic mass is 9.83. The largest absolute Gasteiger partial charge is 0.310 e. The van der Waals surface area contributed by atoms with Crippen LogP contribution in [0.5, 0.6) is 0 Å². The lowest BCUT2D eigenvalue weighted by Gasteiger charge is -2.42. The van der Waals surface area contributed by atoms with Gasteiger partial charge in [-0.2, -0.15) is 0 Å². The van der Waals surface area contributed by atoms with E-state index in [1.165, 1.54) is 83.8 Å². The fourth-order valence-electron chi connectivity index (χ4n) is 4.66. The molecule has 2 aliphatic carbocycles. The third kappa shape index (κ3) is 3.98. The molecular formula is C18H34N2. The molecule has 1 N–H and O–H groups in total. The lowest BCUT2D eigenvalue weighted by molar-refractivity contribution is 0.0947. The van der Waals surface area contributed by atoms with Gasteiger partial charge < -0.3 is 10.2 Å². The zero-order valence-corrected chi connectivity index (χ0v) is 13.4. The molecular weight excluding hydrogens is 244 g/mol. The minimum Gasteiger partial charge on any atom is -0.310 e. The molecule has 2 heteroatoms. The normalized spacial score (nSPS) is 33.5. The molecule has 20 heavy (non-hydrogen) atoms. The van der Waals surface area contributed by atoms with Crippen molar-refractivity contribution in [2.45, 2.75) is 83.2 Å². The zero-order valence-electron chi connectivity index (χ0n) is 13.4. The second kappa shape index (κ2) is 7.26. The Bertz CT molecular complexity index is 281. The van der Waals surface area contributed by atoms with Gasteiger partial charge in [-0.05, 0) is 50.4 Å². The summed E-state index contributed by atoms with van der Waals surface area (Å²) in [6, 6.07) is 1.62. The molecule has 3 fully saturated rings. The van der Waals surface area contributed by atoms with E-state index in [1.54, 1.807) is 0 Å². The fraction of sp³-hybridized carbons (Fsp3) is 1.00. The molecule has 2 unspecified atom stereocenters. The first-order valence-corrected chi connectivity index (χ1v) is 9.32. The molecule has 0 spiro atoms. The predicted molar refractivity (Wildman–Crippen MR) is 86.0 cm³/mol. The quantitative estimate of drug-likeness (QED) is 0.795. The maximum Gasteiger partial charge on any atom is 0.0200 e. The monoisotopic (exact) mass is 278 g/mol. The van der Waals surface area contributed by atoms with Crippen molar-refractivity contribution in [1.29, 1.82) is 0 Å². The van der Waals surface area contributed by atoms with Gasteiger partial charge in [-0.3, -0.25) is 0 Å². The van der Waals surface area contributed by atoms with Crippen LogP contribution >= 0.6 is 0 Å². The molecule has 1 saturated heterocycles. The Balaban J connectivity index is 1.51. The Morgan fingerprint density at radius 2 is 1.70 bits per heavy atom. The summed E-state index contributed by atoms with van der Waals surface area (Å²) in [4.78, 5) is 2.81. The van der Waals surface area contributed by atoms with E-state index in [4.69, 9.17) is 0 Å². The molecule has 2 nitrogen and oxygen atoms in total. The van der Waals surface area contributed by atoms with Crippen LogP contribution in [0.25, 0.3) is 0 Å². The average molecular weight is 278 g/mol. The van der Waals surface area contributed by atoms with E-state index < -0.39 is 0 Å². The van der Waals surface area contributed by atoms with Crippen LogP contribution in [0.1, 0.15) is 71.1 Å². The van der Waals surface area contributed by atoms with Crippen LogP contribution in [-0.2, 0) is 0 Å².